The van der Waals surface area contributed by atoms with E-state index in [1.165, 1.54) is 17.8 Å². The summed E-state index contributed by atoms with van der Waals surface area (Å²) < 4.78 is 27.1. The number of nitrogens with zero attached hydrogens (tertiary/aromatic N) is 1. The van der Waals surface area contributed by atoms with Crippen LogP contribution < -0.4 is 5.32 Å². The molecule has 1 heterocycles. The highest BCUT2D eigenvalue weighted by Gasteiger charge is 2.07. The maximum absolute atomic E-state index is 13.1. The number of para-hydroxylation sites is 1. The van der Waals surface area contributed by atoms with E-state index in [4.69, 9.17) is 0 Å². The molecule has 7 heteroatoms. The Labute approximate surface area is 146 Å². The molecule has 3 nitrogen and oxygen atoms in total. The van der Waals surface area contributed by atoms with E-state index >= 15 is 0 Å². The first-order valence-corrected chi connectivity index (χ1v) is 9.11. The molecule has 0 atom stereocenters. The van der Waals surface area contributed by atoms with Crippen LogP contribution in [0.4, 0.5) is 8.78 Å². The van der Waals surface area contributed by atoms with Crippen molar-refractivity contribution in [3.05, 3.63) is 59.1 Å². The van der Waals surface area contributed by atoms with Crippen LogP contribution in [0.5, 0.6) is 0 Å². The summed E-state index contributed by atoms with van der Waals surface area (Å²) >= 11 is 2.79. The number of aromatic nitrogens is 1. The van der Waals surface area contributed by atoms with Gasteiger partial charge in [0.05, 0.1) is 21.0 Å². The van der Waals surface area contributed by atoms with Crippen LogP contribution >= 0.6 is 23.1 Å². The molecule has 24 heavy (non-hydrogen) atoms. The van der Waals surface area contributed by atoms with Gasteiger partial charge in [0.1, 0.15) is 0 Å². The fraction of sp³-hybridized carbons (Fsp3) is 0.176. The van der Waals surface area contributed by atoms with Crippen LogP contribution in [0.25, 0.3) is 10.2 Å². The number of hydrogen-bond acceptors (Lipinski definition) is 4. The number of benzene rings is 2. The molecule has 1 N–H and O–H groups in total. The van der Waals surface area contributed by atoms with Gasteiger partial charge >= 0.3 is 0 Å². The molecule has 1 amide bonds. The van der Waals surface area contributed by atoms with Crippen LogP contribution in [-0.4, -0.2) is 23.2 Å². The fourth-order valence-corrected chi connectivity index (χ4v) is 3.82. The number of carbonyl (C=O) groups excluding carboxylic acids is 1. The van der Waals surface area contributed by atoms with Gasteiger partial charge in [-0.1, -0.05) is 12.1 Å². The molecular formula is C17H14F2N2OS2. The SMILES string of the molecule is O=C(CSc1ccc(F)c(F)c1)NCCc1nc2ccccc2s1. The summed E-state index contributed by atoms with van der Waals surface area (Å²) in [5, 5.41) is 3.79. The molecule has 0 spiro atoms. The summed E-state index contributed by atoms with van der Waals surface area (Å²) in [6, 6.07) is 11.5. The van der Waals surface area contributed by atoms with Crippen LogP contribution in [0.2, 0.25) is 0 Å². The molecule has 0 bridgehead atoms. The summed E-state index contributed by atoms with van der Waals surface area (Å²) in [7, 11) is 0. The third-order valence-electron chi connectivity index (χ3n) is 3.26. The number of thioether (sulfide) groups is 1. The number of halogens is 2. The molecule has 0 aliphatic carbocycles. The molecule has 0 aliphatic rings. The zero-order valence-electron chi connectivity index (χ0n) is 12.6. The van der Waals surface area contributed by atoms with E-state index in [0.717, 1.165) is 27.4 Å². The Balaban J connectivity index is 1.44. The van der Waals surface area contributed by atoms with Crippen LogP contribution in [0.15, 0.2) is 47.4 Å². The van der Waals surface area contributed by atoms with Gasteiger partial charge in [0.15, 0.2) is 11.6 Å². The molecule has 0 radical (unpaired) electrons. The number of nitrogens with one attached hydrogen (secondary N) is 1. The van der Waals surface area contributed by atoms with Crippen molar-refractivity contribution in [3.63, 3.8) is 0 Å². The first-order valence-electron chi connectivity index (χ1n) is 7.31. The Morgan fingerprint density at radius 1 is 1.17 bits per heavy atom. The van der Waals surface area contributed by atoms with Crippen molar-refractivity contribution in [1.29, 1.82) is 0 Å². The molecule has 2 aromatic carbocycles. The van der Waals surface area contributed by atoms with Crippen LogP contribution in [0, 0.1) is 11.6 Å². The van der Waals surface area contributed by atoms with Crippen molar-refractivity contribution < 1.29 is 13.6 Å². The molecule has 1 aromatic heterocycles. The van der Waals surface area contributed by atoms with Gasteiger partial charge in [-0.05, 0) is 30.3 Å². The highest BCUT2D eigenvalue weighted by Crippen LogP contribution is 2.22. The van der Waals surface area contributed by atoms with E-state index in [2.05, 4.69) is 10.3 Å². The number of amides is 1. The lowest BCUT2D eigenvalue weighted by molar-refractivity contribution is -0.118. The first-order chi connectivity index (χ1) is 11.6. The summed E-state index contributed by atoms with van der Waals surface area (Å²) in [6.07, 6.45) is 0.668. The molecule has 0 fully saturated rings. The Hall–Kier alpha value is -1.99. The summed E-state index contributed by atoms with van der Waals surface area (Å²) in [4.78, 5) is 16.8. The van der Waals surface area contributed by atoms with Gasteiger partial charge in [0, 0.05) is 17.9 Å². The monoisotopic (exact) mass is 364 g/mol. The van der Waals surface area contributed by atoms with Gasteiger partial charge in [-0.2, -0.15) is 0 Å². The third-order valence-corrected chi connectivity index (χ3v) is 5.35. The van der Waals surface area contributed by atoms with Crippen LogP contribution in [-0.2, 0) is 11.2 Å². The minimum Gasteiger partial charge on any atom is -0.355 e. The molecule has 0 aliphatic heterocycles. The molecule has 124 valence electrons. The Morgan fingerprint density at radius 3 is 2.79 bits per heavy atom. The van der Waals surface area contributed by atoms with Crippen molar-refractivity contribution >= 4 is 39.2 Å². The number of thiazole rings is 1. The lowest BCUT2D eigenvalue weighted by Gasteiger charge is -2.04. The maximum atomic E-state index is 13.1. The average molecular weight is 364 g/mol. The average Bonchev–Trinajstić information content (AvgIpc) is 2.98. The lowest BCUT2D eigenvalue weighted by atomic mass is 10.3. The van der Waals surface area contributed by atoms with Crippen LogP contribution in [0.3, 0.4) is 0 Å². The van der Waals surface area contributed by atoms with Crippen LogP contribution in [0.1, 0.15) is 5.01 Å². The van der Waals surface area contributed by atoms with Crippen molar-refractivity contribution in [2.75, 3.05) is 12.3 Å². The van der Waals surface area contributed by atoms with E-state index in [1.54, 1.807) is 11.3 Å². The summed E-state index contributed by atoms with van der Waals surface area (Å²) in [5.41, 5.74) is 0.970. The normalized spacial score (nSPS) is 10.9. The number of carbonyl (C=O) groups is 1. The smallest absolute Gasteiger partial charge is 0.230 e. The van der Waals surface area contributed by atoms with Gasteiger partial charge in [-0.15, -0.1) is 23.1 Å². The largest absolute Gasteiger partial charge is 0.355 e. The third kappa shape index (κ3) is 4.30. The van der Waals surface area contributed by atoms with Gasteiger partial charge in [0.25, 0.3) is 0 Å². The van der Waals surface area contributed by atoms with Crippen molar-refractivity contribution in [2.45, 2.75) is 11.3 Å². The Bertz CT molecular complexity index is 834. The summed E-state index contributed by atoms with van der Waals surface area (Å²) in [6.45, 7) is 0.497. The van der Waals surface area contributed by atoms with E-state index < -0.39 is 11.6 Å². The molecule has 0 saturated heterocycles. The van der Waals surface area contributed by atoms with Crippen molar-refractivity contribution in [2.24, 2.45) is 0 Å². The maximum Gasteiger partial charge on any atom is 0.230 e. The molecule has 0 saturated carbocycles. The van der Waals surface area contributed by atoms with E-state index in [-0.39, 0.29) is 11.7 Å². The highest BCUT2D eigenvalue weighted by atomic mass is 32.2. The topological polar surface area (TPSA) is 42.0 Å². The lowest BCUT2D eigenvalue weighted by Crippen LogP contribution is -2.27. The van der Waals surface area contributed by atoms with E-state index in [9.17, 15) is 13.6 Å². The number of rotatable bonds is 6. The summed E-state index contributed by atoms with van der Waals surface area (Å²) in [5.74, 6) is -1.79. The quantitative estimate of drug-likeness (QED) is 0.672. The minimum atomic E-state index is -0.906. The minimum absolute atomic E-state index is 0.147. The second-order valence-corrected chi connectivity index (χ2v) is 7.20. The molecule has 3 rings (SSSR count). The van der Waals surface area contributed by atoms with E-state index in [1.807, 2.05) is 24.3 Å². The number of fused-ring (bicyclic) bond motifs is 1. The second-order valence-electron chi connectivity index (χ2n) is 5.04. The van der Waals surface area contributed by atoms with E-state index in [0.29, 0.717) is 17.9 Å². The fourth-order valence-electron chi connectivity index (χ4n) is 2.10. The standard InChI is InChI=1S/C17H14F2N2OS2/c18-12-6-5-11(9-13(12)19)23-10-16(22)20-8-7-17-21-14-3-1-2-4-15(14)24-17/h1-6,9H,7-8,10H2,(H,20,22). The highest BCUT2D eigenvalue weighted by molar-refractivity contribution is 8.00. The second kappa shape index (κ2) is 7.72. The predicted octanol–water partition coefficient (Wildman–Crippen LogP) is 4.03. The predicted molar refractivity (Wildman–Crippen MR) is 93.4 cm³/mol. The Morgan fingerprint density at radius 2 is 2.00 bits per heavy atom. The van der Waals surface area contributed by atoms with Gasteiger partial charge < -0.3 is 5.32 Å². The zero-order chi connectivity index (χ0) is 16.9. The van der Waals surface area contributed by atoms with Crippen molar-refractivity contribution in [1.82, 2.24) is 10.3 Å². The molecule has 0 unspecified atom stereocenters. The van der Waals surface area contributed by atoms with Gasteiger partial charge in [0.2, 0.25) is 5.91 Å². The van der Waals surface area contributed by atoms with Gasteiger partial charge in [-0.25, -0.2) is 13.8 Å². The zero-order valence-corrected chi connectivity index (χ0v) is 14.2. The Kier molecular flexibility index (Phi) is 5.42. The molecular weight excluding hydrogens is 350 g/mol. The molecule has 3 aromatic rings. The van der Waals surface area contributed by atoms with Crippen molar-refractivity contribution in [3.8, 4) is 0 Å². The number of hydrogen-bond donors (Lipinski definition) is 1. The van der Waals surface area contributed by atoms with Gasteiger partial charge in [-0.3, -0.25) is 4.79 Å². The first kappa shape index (κ1) is 16.9.